The summed E-state index contributed by atoms with van der Waals surface area (Å²) < 4.78 is 5.16. The van der Waals surface area contributed by atoms with Crippen molar-refractivity contribution in [2.75, 3.05) is 0 Å². The summed E-state index contributed by atoms with van der Waals surface area (Å²) in [7, 11) is 0. The number of alkyl carbamates (subject to hydrolysis) is 1. The molecule has 0 saturated heterocycles. The van der Waals surface area contributed by atoms with E-state index in [4.69, 9.17) is 10.5 Å². The molecule has 0 radical (unpaired) electrons. The number of nitrogens with two attached hydrogens (primary N) is 1. The standard InChI is InChI=1S/C22H26N4O6/c1-14(2)19(25-22(29)32-13-16-6-4-3-5-7-16)21(28)24-18(20(23)27)12-15-8-10-17(11-9-15)26(30)31/h3-11,14,18-19H,12-13H2,1-2H3,(H2,23,27)(H,24,28)(H,25,29)/t18-,19+/m0/s1. The first-order valence-corrected chi connectivity index (χ1v) is 9.97. The molecule has 32 heavy (non-hydrogen) atoms. The van der Waals surface area contributed by atoms with Crippen LogP contribution in [-0.2, 0) is 27.4 Å². The maximum Gasteiger partial charge on any atom is 0.408 e. The number of nitro benzene ring substituents is 1. The van der Waals surface area contributed by atoms with E-state index in [1.807, 2.05) is 18.2 Å². The maximum absolute atomic E-state index is 12.8. The molecule has 0 spiro atoms. The van der Waals surface area contributed by atoms with E-state index in [0.29, 0.717) is 5.56 Å². The average Bonchev–Trinajstić information content (AvgIpc) is 2.76. The van der Waals surface area contributed by atoms with Gasteiger partial charge in [0.2, 0.25) is 11.8 Å². The summed E-state index contributed by atoms with van der Waals surface area (Å²) in [5.74, 6) is -1.67. The van der Waals surface area contributed by atoms with Crippen molar-refractivity contribution >= 4 is 23.6 Å². The Labute approximate surface area is 185 Å². The molecule has 2 aromatic carbocycles. The van der Waals surface area contributed by atoms with Gasteiger partial charge in [0.15, 0.2) is 0 Å². The molecule has 2 atom stereocenters. The van der Waals surface area contributed by atoms with Gasteiger partial charge in [-0.3, -0.25) is 19.7 Å². The zero-order valence-corrected chi connectivity index (χ0v) is 17.8. The smallest absolute Gasteiger partial charge is 0.408 e. The van der Waals surface area contributed by atoms with Crippen molar-refractivity contribution in [3.05, 3.63) is 75.8 Å². The molecule has 10 heteroatoms. The molecule has 2 rings (SSSR count). The Kier molecular flexibility index (Phi) is 8.70. The lowest BCUT2D eigenvalue weighted by atomic mass is 10.0. The fourth-order valence-electron chi connectivity index (χ4n) is 2.90. The summed E-state index contributed by atoms with van der Waals surface area (Å²) in [6.07, 6.45) is -0.726. The number of non-ortho nitro benzene ring substituents is 1. The number of hydrogen-bond donors (Lipinski definition) is 3. The van der Waals surface area contributed by atoms with Crippen molar-refractivity contribution in [2.45, 2.75) is 39.0 Å². The normalized spacial score (nSPS) is 12.5. The van der Waals surface area contributed by atoms with E-state index in [1.165, 1.54) is 24.3 Å². The molecule has 0 aliphatic rings. The van der Waals surface area contributed by atoms with Crippen molar-refractivity contribution in [3.8, 4) is 0 Å². The van der Waals surface area contributed by atoms with Gasteiger partial charge in [-0.2, -0.15) is 0 Å². The molecular weight excluding hydrogens is 416 g/mol. The van der Waals surface area contributed by atoms with Crippen molar-refractivity contribution in [1.82, 2.24) is 10.6 Å². The molecule has 0 aliphatic carbocycles. The second-order valence-corrected chi connectivity index (χ2v) is 7.52. The number of nitrogens with zero attached hydrogens (tertiary/aromatic N) is 1. The highest BCUT2D eigenvalue weighted by Crippen LogP contribution is 2.13. The molecular formula is C22H26N4O6. The molecule has 4 N–H and O–H groups in total. The highest BCUT2D eigenvalue weighted by Gasteiger charge is 2.28. The predicted molar refractivity (Wildman–Crippen MR) is 116 cm³/mol. The zero-order valence-electron chi connectivity index (χ0n) is 17.8. The van der Waals surface area contributed by atoms with Crippen LogP contribution >= 0.6 is 0 Å². The quantitative estimate of drug-likeness (QED) is 0.378. The number of nitro groups is 1. The lowest BCUT2D eigenvalue weighted by molar-refractivity contribution is -0.384. The van der Waals surface area contributed by atoms with Gasteiger partial charge >= 0.3 is 6.09 Å². The van der Waals surface area contributed by atoms with Crippen LogP contribution in [0.3, 0.4) is 0 Å². The van der Waals surface area contributed by atoms with Gasteiger partial charge in [0.1, 0.15) is 18.7 Å². The summed E-state index contributed by atoms with van der Waals surface area (Å²) in [4.78, 5) is 47.1. The summed E-state index contributed by atoms with van der Waals surface area (Å²) in [5.41, 5.74) is 6.71. The van der Waals surface area contributed by atoms with E-state index in [0.717, 1.165) is 5.56 Å². The lowest BCUT2D eigenvalue weighted by Gasteiger charge is -2.24. The van der Waals surface area contributed by atoms with Crippen LogP contribution in [-0.4, -0.2) is 34.9 Å². The molecule has 0 unspecified atom stereocenters. The van der Waals surface area contributed by atoms with Crippen molar-refractivity contribution < 1.29 is 24.0 Å². The Morgan fingerprint density at radius 1 is 1.00 bits per heavy atom. The summed E-state index contributed by atoms with van der Waals surface area (Å²) >= 11 is 0. The van der Waals surface area contributed by atoms with Gasteiger partial charge in [0.25, 0.3) is 5.69 Å². The number of primary amides is 1. The molecule has 0 aliphatic heterocycles. The third kappa shape index (κ3) is 7.38. The van der Waals surface area contributed by atoms with Gasteiger partial charge < -0.3 is 21.1 Å². The second kappa shape index (κ2) is 11.4. The summed E-state index contributed by atoms with van der Waals surface area (Å²) in [5, 5.41) is 15.8. The van der Waals surface area contributed by atoms with Crippen LogP contribution in [0.2, 0.25) is 0 Å². The van der Waals surface area contributed by atoms with Crippen molar-refractivity contribution in [3.63, 3.8) is 0 Å². The molecule has 3 amide bonds. The van der Waals surface area contributed by atoms with E-state index in [1.54, 1.807) is 26.0 Å². The van der Waals surface area contributed by atoms with Crippen molar-refractivity contribution in [1.29, 1.82) is 0 Å². The minimum absolute atomic E-state index is 0.0440. The molecule has 2 aromatic rings. The fourth-order valence-corrected chi connectivity index (χ4v) is 2.90. The first-order valence-electron chi connectivity index (χ1n) is 9.97. The zero-order chi connectivity index (χ0) is 23.7. The van der Waals surface area contributed by atoms with Gasteiger partial charge in [0.05, 0.1) is 4.92 Å². The summed E-state index contributed by atoms with van der Waals surface area (Å²) in [6, 6.07) is 12.6. The van der Waals surface area contributed by atoms with Gasteiger partial charge in [-0.15, -0.1) is 0 Å². The second-order valence-electron chi connectivity index (χ2n) is 7.52. The Bertz CT molecular complexity index is 947. The first-order chi connectivity index (χ1) is 15.2. The van der Waals surface area contributed by atoms with Crippen LogP contribution in [0.25, 0.3) is 0 Å². The van der Waals surface area contributed by atoms with Crippen LogP contribution in [0.5, 0.6) is 0 Å². The third-order valence-electron chi connectivity index (χ3n) is 4.68. The number of rotatable bonds is 10. The van der Waals surface area contributed by atoms with Gasteiger partial charge in [0, 0.05) is 18.6 Å². The van der Waals surface area contributed by atoms with E-state index < -0.39 is 34.9 Å². The molecule has 0 heterocycles. The predicted octanol–water partition coefficient (Wildman–Crippen LogP) is 2.06. The fraction of sp³-hybridized carbons (Fsp3) is 0.318. The van der Waals surface area contributed by atoms with Crippen molar-refractivity contribution in [2.24, 2.45) is 11.7 Å². The monoisotopic (exact) mass is 442 g/mol. The van der Waals surface area contributed by atoms with E-state index in [2.05, 4.69) is 10.6 Å². The molecule has 0 fully saturated rings. The largest absolute Gasteiger partial charge is 0.445 e. The average molecular weight is 442 g/mol. The third-order valence-corrected chi connectivity index (χ3v) is 4.68. The number of carbonyl (C=O) groups excluding carboxylic acids is 3. The van der Waals surface area contributed by atoms with Gasteiger partial charge in [-0.1, -0.05) is 56.3 Å². The highest BCUT2D eigenvalue weighted by atomic mass is 16.6. The van der Waals surface area contributed by atoms with Gasteiger partial charge in [-0.05, 0) is 17.0 Å². The molecule has 0 bridgehead atoms. The molecule has 0 aromatic heterocycles. The Hall–Kier alpha value is -3.95. The van der Waals surface area contributed by atoms with Crippen LogP contribution in [0.4, 0.5) is 10.5 Å². The van der Waals surface area contributed by atoms with Gasteiger partial charge in [-0.25, -0.2) is 4.79 Å². The Morgan fingerprint density at radius 3 is 2.16 bits per heavy atom. The minimum atomic E-state index is -1.06. The molecule has 0 saturated carbocycles. The highest BCUT2D eigenvalue weighted by molar-refractivity contribution is 5.91. The lowest BCUT2D eigenvalue weighted by Crippen LogP contribution is -2.55. The number of nitrogens with one attached hydrogen (secondary N) is 2. The molecule has 170 valence electrons. The Morgan fingerprint density at radius 2 is 1.62 bits per heavy atom. The number of ether oxygens (including phenoxy) is 1. The van der Waals surface area contributed by atoms with E-state index in [9.17, 15) is 24.5 Å². The number of amides is 3. The van der Waals surface area contributed by atoms with E-state index >= 15 is 0 Å². The topological polar surface area (TPSA) is 154 Å². The number of benzene rings is 2. The summed E-state index contributed by atoms with van der Waals surface area (Å²) in [6.45, 7) is 3.51. The van der Waals surface area contributed by atoms with Crippen LogP contribution < -0.4 is 16.4 Å². The number of carbonyl (C=O) groups is 3. The molecule has 10 nitrogen and oxygen atoms in total. The maximum atomic E-state index is 12.8. The minimum Gasteiger partial charge on any atom is -0.445 e. The van der Waals surface area contributed by atoms with Crippen LogP contribution in [0, 0.1) is 16.0 Å². The Balaban J connectivity index is 1.99. The van der Waals surface area contributed by atoms with E-state index in [-0.39, 0.29) is 24.6 Å². The number of hydrogen-bond acceptors (Lipinski definition) is 6. The van der Waals surface area contributed by atoms with Crippen LogP contribution in [0.15, 0.2) is 54.6 Å². The first kappa shape index (κ1) is 24.3. The SMILES string of the molecule is CC(C)[C@@H](NC(=O)OCc1ccccc1)C(=O)N[C@@H](Cc1ccc([N+](=O)[O-])cc1)C(N)=O. The van der Waals surface area contributed by atoms with Crippen LogP contribution in [0.1, 0.15) is 25.0 Å².